The lowest BCUT2D eigenvalue weighted by atomic mass is 9.38. The predicted molar refractivity (Wildman–Crippen MR) is 124 cm³/mol. The molecule has 3 fully saturated rings. The van der Waals surface area contributed by atoms with Crippen LogP contribution in [0.2, 0.25) is 5.02 Å². The van der Waals surface area contributed by atoms with E-state index in [4.69, 9.17) is 21.0 Å². The lowest BCUT2D eigenvalue weighted by molar-refractivity contribution is -0.119. The Hall–Kier alpha value is -2.29. The third-order valence-electron chi connectivity index (χ3n) is 6.31. The Kier molecular flexibility index (Phi) is 6.13. The summed E-state index contributed by atoms with van der Waals surface area (Å²) in [5.41, 5.74) is 2.76. The molecule has 3 aliphatic carbocycles. The summed E-state index contributed by atoms with van der Waals surface area (Å²) >= 11 is 4.29. The average Bonchev–Trinajstić information content (AvgIpc) is 3.16. The number of carbonyl (C=O) groups is 2. The zero-order chi connectivity index (χ0) is 23.1. The standard InChI is InChI=1S/C23H26ClN3O4S/c1-4-5-19(28)27-32(30)20-9-8-18(31-20)21(29)26-23-11-22(12-23,13-23)15(3)25-17-10-16(24)7-6-14(17)2/h6-10H,4-5,11-13H2,1-3H3,(H,26,29)(H,27,28)/b25-15+. The monoisotopic (exact) mass is 475 g/mol. The van der Waals surface area contributed by atoms with E-state index >= 15 is 0 Å². The van der Waals surface area contributed by atoms with Gasteiger partial charge in [-0.25, -0.2) is 0 Å². The molecule has 1 atom stereocenters. The van der Waals surface area contributed by atoms with Crippen molar-refractivity contribution in [2.75, 3.05) is 0 Å². The normalized spacial score (nSPS) is 24.8. The van der Waals surface area contributed by atoms with Gasteiger partial charge >= 0.3 is 5.09 Å². The molecule has 3 aliphatic rings. The number of aliphatic imine (C=N–C) groups is 1. The number of rotatable bonds is 8. The van der Waals surface area contributed by atoms with Crippen LogP contribution in [0.1, 0.15) is 62.1 Å². The molecule has 5 rings (SSSR count). The Balaban J connectivity index is 1.34. The second kappa shape index (κ2) is 8.57. The van der Waals surface area contributed by atoms with E-state index in [2.05, 4.69) is 10.0 Å². The zero-order valence-corrected chi connectivity index (χ0v) is 19.9. The first-order valence-electron chi connectivity index (χ1n) is 10.6. The van der Waals surface area contributed by atoms with Gasteiger partial charge in [0, 0.05) is 34.2 Å². The Morgan fingerprint density at radius 2 is 1.97 bits per heavy atom. The fraction of sp³-hybridized carbons (Fsp3) is 0.435. The molecule has 1 heterocycles. The highest BCUT2D eigenvalue weighted by Gasteiger charge is 2.69. The van der Waals surface area contributed by atoms with Gasteiger partial charge < -0.3 is 14.3 Å². The van der Waals surface area contributed by atoms with Crippen LogP contribution in [0, 0.1) is 12.3 Å². The molecule has 32 heavy (non-hydrogen) atoms. The van der Waals surface area contributed by atoms with Crippen LogP contribution < -0.4 is 10.0 Å². The van der Waals surface area contributed by atoms with Crippen molar-refractivity contribution < 1.29 is 18.6 Å². The SMILES string of the molecule is CCCC(=O)N[S+]([O-])c1ccc(C(=O)NC23CC(/C(C)=N/c4cc(Cl)ccc4C)(C2)C3)o1. The van der Waals surface area contributed by atoms with E-state index in [-0.39, 0.29) is 40.0 Å². The van der Waals surface area contributed by atoms with Crippen LogP contribution in [-0.2, 0) is 16.2 Å². The predicted octanol–water partition coefficient (Wildman–Crippen LogP) is 4.63. The lowest BCUT2D eigenvalue weighted by Crippen LogP contribution is -2.76. The number of nitrogens with one attached hydrogen (secondary N) is 2. The second-order valence-electron chi connectivity index (χ2n) is 8.84. The zero-order valence-electron chi connectivity index (χ0n) is 18.3. The van der Waals surface area contributed by atoms with Gasteiger partial charge in [0.05, 0.1) is 5.69 Å². The van der Waals surface area contributed by atoms with E-state index in [1.54, 1.807) is 0 Å². The molecule has 7 nitrogen and oxygen atoms in total. The van der Waals surface area contributed by atoms with E-state index in [0.717, 1.165) is 36.2 Å². The third-order valence-corrected chi connectivity index (χ3v) is 7.54. The van der Waals surface area contributed by atoms with Crippen LogP contribution in [0.5, 0.6) is 0 Å². The van der Waals surface area contributed by atoms with Crippen molar-refractivity contribution in [2.24, 2.45) is 10.4 Å². The molecule has 1 aromatic carbocycles. The molecule has 9 heteroatoms. The fourth-order valence-electron chi connectivity index (χ4n) is 4.58. The van der Waals surface area contributed by atoms with Gasteiger partial charge in [-0.15, -0.1) is 0 Å². The van der Waals surface area contributed by atoms with Crippen molar-refractivity contribution in [3.8, 4) is 0 Å². The van der Waals surface area contributed by atoms with Crippen LogP contribution in [-0.4, -0.2) is 27.6 Å². The summed E-state index contributed by atoms with van der Waals surface area (Å²) in [5.74, 6) is -0.587. The van der Waals surface area contributed by atoms with E-state index in [0.29, 0.717) is 11.4 Å². The van der Waals surface area contributed by atoms with E-state index < -0.39 is 11.4 Å². The Morgan fingerprint density at radius 1 is 1.25 bits per heavy atom. The number of benzene rings is 1. The summed E-state index contributed by atoms with van der Waals surface area (Å²) in [4.78, 5) is 29.1. The van der Waals surface area contributed by atoms with Crippen molar-refractivity contribution in [3.05, 3.63) is 46.7 Å². The molecule has 2 aromatic rings. The van der Waals surface area contributed by atoms with Gasteiger partial charge in [-0.3, -0.25) is 14.6 Å². The topological polar surface area (TPSA) is 107 Å². The molecular weight excluding hydrogens is 450 g/mol. The maximum atomic E-state index is 12.6. The van der Waals surface area contributed by atoms with Crippen molar-refractivity contribution in [1.82, 2.24) is 10.0 Å². The first-order valence-corrected chi connectivity index (χ1v) is 12.1. The van der Waals surface area contributed by atoms with E-state index in [1.807, 2.05) is 39.0 Å². The molecule has 2 amide bonds. The maximum absolute atomic E-state index is 12.6. The minimum atomic E-state index is -1.82. The smallest absolute Gasteiger partial charge is 0.339 e. The average molecular weight is 476 g/mol. The van der Waals surface area contributed by atoms with Crippen molar-refractivity contribution >= 4 is 46.2 Å². The highest BCUT2D eigenvalue weighted by molar-refractivity contribution is 7.89. The number of carbonyl (C=O) groups excluding carboxylic acids is 2. The molecule has 2 N–H and O–H groups in total. The number of furan rings is 1. The largest absolute Gasteiger partial charge is 0.585 e. The number of amides is 2. The summed E-state index contributed by atoms with van der Waals surface area (Å²) in [6.45, 7) is 5.90. The van der Waals surface area contributed by atoms with Crippen LogP contribution in [0.15, 0.2) is 44.8 Å². The molecule has 1 unspecified atom stereocenters. The summed E-state index contributed by atoms with van der Waals surface area (Å²) < 4.78 is 20.0. The van der Waals surface area contributed by atoms with Crippen LogP contribution in [0.4, 0.5) is 5.69 Å². The Labute approximate surface area is 195 Å². The second-order valence-corrected chi connectivity index (χ2v) is 10.4. The number of aryl methyl sites for hydroxylation is 1. The summed E-state index contributed by atoms with van der Waals surface area (Å²) in [6, 6.07) is 8.60. The minimum absolute atomic E-state index is 0.0153. The summed E-state index contributed by atoms with van der Waals surface area (Å²) in [5, 5.41) is 3.77. The van der Waals surface area contributed by atoms with Gasteiger partial charge in [0.2, 0.25) is 0 Å². The first kappa shape index (κ1) is 22.9. The van der Waals surface area contributed by atoms with Crippen LogP contribution >= 0.6 is 11.6 Å². The van der Waals surface area contributed by atoms with Crippen molar-refractivity contribution in [3.63, 3.8) is 0 Å². The number of nitrogens with zero attached hydrogens (tertiary/aromatic N) is 1. The van der Waals surface area contributed by atoms with Crippen LogP contribution in [0.25, 0.3) is 0 Å². The summed E-state index contributed by atoms with van der Waals surface area (Å²) in [7, 11) is 0. The fourth-order valence-corrected chi connectivity index (χ4v) is 5.52. The minimum Gasteiger partial charge on any atom is -0.585 e. The highest BCUT2D eigenvalue weighted by Crippen LogP contribution is 2.68. The number of halogens is 1. The van der Waals surface area contributed by atoms with E-state index in [1.165, 1.54) is 12.1 Å². The molecule has 3 saturated carbocycles. The molecule has 0 saturated heterocycles. The highest BCUT2D eigenvalue weighted by atomic mass is 35.5. The molecule has 0 aliphatic heterocycles. The number of hydrogen-bond acceptors (Lipinski definition) is 5. The first-order chi connectivity index (χ1) is 15.2. The number of hydrogen-bond donors (Lipinski definition) is 2. The molecule has 0 spiro atoms. The molecular formula is C23H26ClN3O4S. The quantitative estimate of drug-likeness (QED) is 0.428. The Morgan fingerprint density at radius 3 is 2.66 bits per heavy atom. The maximum Gasteiger partial charge on any atom is 0.339 e. The lowest BCUT2D eigenvalue weighted by Gasteiger charge is -2.70. The molecule has 1 aromatic heterocycles. The molecule has 0 radical (unpaired) electrons. The summed E-state index contributed by atoms with van der Waals surface area (Å²) in [6.07, 6.45) is 3.42. The van der Waals surface area contributed by atoms with Gasteiger partial charge in [-0.05, 0) is 63.3 Å². The van der Waals surface area contributed by atoms with Gasteiger partial charge in [0.1, 0.15) is 11.4 Å². The third kappa shape index (κ3) is 4.31. The van der Waals surface area contributed by atoms with Crippen molar-refractivity contribution in [2.45, 2.75) is 63.5 Å². The van der Waals surface area contributed by atoms with Gasteiger partial charge in [-0.2, -0.15) is 4.72 Å². The van der Waals surface area contributed by atoms with E-state index in [9.17, 15) is 14.1 Å². The van der Waals surface area contributed by atoms with Gasteiger partial charge in [0.15, 0.2) is 5.76 Å². The van der Waals surface area contributed by atoms with Crippen molar-refractivity contribution in [1.29, 1.82) is 0 Å². The van der Waals surface area contributed by atoms with Gasteiger partial charge in [0.25, 0.3) is 11.8 Å². The Bertz CT molecular complexity index is 1080. The molecule has 2 bridgehead atoms. The van der Waals surface area contributed by atoms with Crippen LogP contribution in [0.3, 0.4) is 0 Å². The van der Waals surface area contributed by atoms with Gasteiger partial charge in [-0.1, -0.05) is 24.6 Å². The molecule has 170 valence electrons.